The number of aryl methyl sites for hydroxylation is 1. The molecule has 18 heavy (non-hydrogen) atoms. The van der Waals surface area contributed by atoms with Crippen molar-refractivity contribution in [2.75, 3.05) is 26.7 Å². The number of nitrogens with one attached hydrogen (secondary N) is 1. The summed E-state index contributed by atoms with van der Waals surface area (Å²) in [6.45, 7) is 9.15. The lowest BCUT2D eigenvalue weighted by molar-refractivity contribution is 0.137. The van der Waals surface area contributed by atoms with Gasteiger partial charge in [-0.1, -0.05) is 13.8 Å². The first-order valence-electron chi connectivity index (χ1n) is 6.94. The van der Waals surface area contributed by atoms with Gasteiger partial charge in [-0.3, -0.25) is 0 Å². The second-order valence-electron chi connectivity index (χ2n) is 5.79. The molecule has 0 saturated carbocycles. The number of thiazole rings is 1. The van der Waals surface area contributed by atoms with Crippen molar-refractivity contribution in [2.24, 2.45) is 5.41 Å². The SMILES string of the molecule is CCc1ncc(CNCC2(C)CCN(C)CC2)s1. The molecule has 0 spiro atoms. The van der Waals surface area contributed by atoms with E-state index < -0.39 is 0 Å². The maximum absolute atomic E-state index is 4.40. The van der Waals surface area contributed by atoms with Crippen molar-refractivity contribution < 1.29 is 0 Å². The quantitative estimate of drug-likeness (QED) is 0.888. The third-order valence-electron chi connectivity index (χ3n) is 3.95. The Morgan fingerprint density at radius 2 is 2.17 bits per heavy atom. The smallest absolute Gasteiger partial charge is 0.0925 e. The third-order valence-corrected chi connectivity index (χ3v) is 5.09. The zero-order valence-corrected chi connectivity index (χ0v) is 12.6. The Kier molecular flexibility index (Phi) is 4.76. The molecule has 0 radical (unpaired) electrons. The van der Waals surface area contributed by atoms with E-state index in [0.29, 0.717) is 5.41 Å². The fourth-order valence-corrected chi connectivity index (χ4v) is 3.25. The van der Waals surface area contributed by atoms with Crippen LogP contribution in [0.5, 0.6) is 0 Å². The minimum atomic E-state index is 0.477. The highest BCUT2D eigenvalue weighted by atomic mass is 32.1. The fourth-order valence-electron chi connectivity index (χ4n) is 2.42. The highest BCUT2D eigenvalue weighted by molar-refractivity contribution is 7.11. The number of nitrogens with zero attached hydrogens (tertiary/aromatic N) is 2. The van der Waals surface area contributed by atoms with E-state index in [1.807, 2.05) is 17.5 Å². The van der Waals surface area contributed by atoms with E-state index in [4.69, 9.17) is 0 Å². The molecule has 3 nitrogen and oxygen atoms in total. The number of piperidine rings is 1. The lowest BCUT2D eigenvalue weighted by atomic mass is 9.80. The lowest BCUT2D eigenvalue weighted by Crippen LogP contribution is -2.41. The Morgan fingerprint density at radius 3 is 2.78 bits per heavy atom. The predicted molar refractivity (Wildman–Crippen MR) is 78.0 cm³/mol. The third kappa shape index (κ3) is 3.77. The van der Waals surface area contributed by atoms with Gasteiger partial charge in [-0.25, -0.2) is 4.98 Å². The molecular weight excluding hydrogens is 242 g/mol. The Bertz CT molecular complexity index is 367. The summed E-state index contributed by atoms with van der Waals surface area (Å²) in [6, 6.07) is 0. The molecule has 4 heteroatoms. The van der Waals surface area contributed by atoms with Gasteiger partial charge in [0.2, 0.25) is 0 Å². The Balaban J connectivity index is 1.74. The summed E-state index contributed by atoms with van der Waals surface area (Å²) in [6.07, 6.45) is 5.68. The van der Waals surface area contributed by atoms with Gasteiger partial charge in [0.1, 0.15) is 0 Å². The van der Waals surface area contributed by atoms with E-state index in [-0.39, 0.29) is 0 Å². The van der Waals surface area contributed by atoms with Gasteiger partial charge in [0.05, 0.1) is 5.01 Å². The molecule has 1 aromatic rings. The van der Waals surface area contributed by atoms with Gasteiger partial charge in [0.15, 0.2) is 0 Å². The van der Waals surface area contributed by atoms with Crippen LogP contribution in [0.25, 0.3) is 0 Å². The van der Waals surface area contributed by atoms with Crippen LogP contribution >= 0.6 is 11.3 Å². The molecule has 1 fully saturated rings. The minimum Gasteiger partial charge on any atom is -0.311 e. The van der Waals surface area contributed by atoms with Crippen molar-refractivity contribution in [3.63, 3.8) is 0 Å². The van der Waals surface area contributed by atoms with Gasteiger partial charge in [-0.05, 0) is 44.8 Å². The van der Waals surface area contributed by atoms with Gasteiger partial charge >= 0.3 is 0 Å². The van der Waals surface area contributed by atoms with E-state index in [1.54, 1.807) is 0 Å². The molecule has 1 N–H and O–H groups in total. The molecule has 0 unspecified atom stereocenters. The average Bonchev–Trinajstić information content (AvgIpc) is 2.81. The second-order valence-corrected chi connectivity index (χ2v) is 6.99. The second kappa shape index (κ2) is 6.13. The molecule has 0 aromatic carbocycles. The lowest BCUT2D eigenvalue weighted by Gasteiger charge is -2.38. The highest BCUT2D eigenvalue weighted by Crippen LogP contribution is 2.29. The van der Waals surface area contributed by atoms with E-state index in [9.17, 15) is 0 Å². The summed E-state index contributed by atoms with van der Waals surface area (Å²) in [5.41, 5.74) is 0.477. The first-order chi connectivity index (χ1) is 8.61. The van der Waals surface area contributed by atoms with E-state index >= 15 is 0 Å². The van der Waals surface area contributed by atoms with Crippen LogP contribution in [0.2, 0.25) is 0 Å². The maximum Gasteiger partial charge on any atom is 0.0925 e. The van der Waals surface area contributed by atoms with Crippen molar-refractivity contribution in [1.29, 1.82) is 0 Å². The van der Waals surface area contributed by atoms with Crippen molar-refractivity contribution in [1.82, 2.24) is 15.2 Å². The number of hydrogen-bond donors (Lipinski definition) is 1. The molecule has 2 heterocycles. The standard InChI is InChI=1S/C14H25N3S/c1-4-13-16-10-12(18-13)9-15-11-14(2)5-7-17(3)8-6-14/h10,15H,4-9,11H2,1-3H3. The van der Waals surface area contributed by atoms with Crippen molar-refractivity contribution in [2.45, 2.75) is 39.7 Å². The number of rotatable bonds is 5. The normalized spacial score (nSPS) is 20.2. The summed E-state index contributed by atoms with van der Waals surface area (Å²) >= 11 is 1.84. The van der Waals surface area contributed by atoms with Gasteiger partial charge in [0, 0.05) is 24.2 Å². The molecule has 0 amide bonds. The van der Waals surface area contributed by atoms with Crippen LogP contribution in [0.3, 0.4) is 0 Å². The van der Waals surface area contributed by atoms with Crippen LogP contribution in [0.15, 0.2) is 6.20 Å². The topological polar surface area (TPSA) is 28.2 Å². The zero-order valence-electron chi connectivity index (χ0n) is 11.8. The first-order valence-corrected chi connectivity index (χ1v) is 7.76. The van der Waals surface area contributed by atoms with Gasteiger partial charge in [-0.2, -0.15) is 0 Å². The number of aromatic nitrogens is 1. The molecule has 0 atom stereocenters. The van der Waals surface area contributed by atoms with Crippen molar-refractivity contribution in [3.05, 3.63) is 16.1 Å². The van der Waals surface area contributed by atoms with Gasteiger partial charge in [-0.15, -0.1) is 11.3 Å². The van der Waals surface area contributed by atoms with Gasteiger partial charge < -0.3 is 10.2 Å². The molecular formula is C14H25N3S. The van der Waals surface area contributed by atoms with E-state index in [2.05, 4.69) is 36.1 Å². The maximum atomic E-state index is 4.40. The summed E-state index contributed by atoms with van der Waals surface area (Å²) in [5.74, 6) is 0. The van der Waals surface area contributed by atoms with Crippen molar-refractivity contribution >= 4 is 11.3 Å². The van der Waals surface area contributed by atoms with Crippen LogP contribution < -0.4 is 5.32 Å². The number of likely N-dealkylation sites (tertiary alicyclic amines) is 1. The molecule has 0 aliphatic carbocycles. The largest absolute Gasteiger partial charge is 0.311 e. The van der Waals surface area contributed by atoms with Crippen LogP contribution in [-0.2, 0) is 13.0 Å². The predicted octanol–water partition coefficient (Wildman–Crippen LogP) is 2.53. The van der Waals surface area contributed by atoms with Gasteiger partial charge in [0.25, 0.3) is 0 Å². The molecule has 2 rings (SSSR count). The van der Waals surface area contributed by atoms with Crippen molar-refractivity contribution in [3.8, 4) is 0 Å². The molecule has 102 valence electrons. The average molecular weight is 267 g/mol. The van der Waals surface area contributed by atoms with Crippen LogP contribution in [-0.4, -0.2) is 36.6 Å². The van der Waals surface area contributed by atoms with Crippen LogP contribution in [0.4, 0.5) is 0 Å². The van der Waals surface area contributed by atoms with E-state index in [1.165, 1.54) is 35.8 Å². The molecule has 1 aliphatic heterocycles. The van der Waals surface area contributed by atoms with Crippen LogP contribution in [0.1, 0.15) is 36.6 Å². The fraction of sp³-hybridized carbons (Fsp3) is 0.786. The van der Waals surface area contributed by atoms with Crippen LogP contribution in [0, 0.1) is 5.41 Å². The zero-order chi connectivity index (χ0) is 13.0. The Hall–Kier alpha value is -0.450. The Labute approximate surface area is 115 Å². The molecule has 1 saturated heterocycles. The number of hydrogen-bond acceptors (Lipinski definition) is 4. The summed E-state index contributed by atoms with van der Waals surface area (Å²) in [4.78, 5) is 8.19. The highest BCUT2D eigenvalue weighted by Gasteiger charge is 2.28. The Morgan fingerprint density at radius 1 is 1.44 bits per heavy atom. The summed E-state index contributed by atoms with van der Waals surface area (Å²) < 4.78 is 0. The monoisotopic (exact) mass is 267 g/mol. The molecule has 0 bridgehead atoms. The van der Waals surface area contributed by atoms with E-state index in [0.717, 1.165) is 19.5 Å². The molecule has 1 aromatic heterocycles. The molecule has 1 aliphatic rings. The minimum absolute atomic E-state index is 0.477. The summed E-state index contributed by atoms with van der Waals surface area (Å²) in [7, 11) is 2.22. The first kappa shape index (κ1) is 14.0. The summed E-state index contributed by atoms with van der Waals surface area (Å²) in [5, 5.41) is 4.86.